The summed E-state index contributed by atoms with van der Waals surface area (Å²) < 4.78 is 40.2. The number of nitrogens with one attached hydrogen (secondary N) is 1. The highest BCUT2D eigenvalue weighted by Crippen LogP contribution is 2.31. The summed E-state index contributed by atoms with van der Waals surface area (Å²) in [6.07, 6.45) is 0. The summed E-state index contributed by atoms with van der Waals surface area (Å²) in [5, 5.41) is 8.97. The molecule has 2 N–H and O–H groups in total. The lowest BCUT2D eigenvalue weighted by atomic mass is 10.2. The normalized spacial score (nSPS) is 11.8. The largest absolute Gasteiger partial charge is 0.391 e. The predicted molar refractivity (Wildman–Crippen MR) is 83.4 cm³/mol. The zero-order chi connectivity index (χ0) is 15.6. The molecule has 9 heteroatoms. The van der Waals surface area contributed by atoms with Crippen molar-refractivity contribution in [3.8, 4) is 0 Å². The Hall–Kier alpha value is -0.510. The van der Waals surface area contributed by atoms with E-state index >= 15 is 0 Å². The third kappa shape index (κ3) is 4.02. The first-order valence-corrected chi connectivity index (χ1v) is 9.13. The molecule has 0 bridgehead atoms. The topological polar surface area (TPSA) is 66.4 Å². The molecule has 1 aromatic heterocycles. The van der Waals surface area contributed by atoms with E-state index in [0.29, 0.717) is 14.2 Å². The molecule has 1 heterocycles. The van der Waals surface area contributed by atoms with Crippen LogP contribution >= 0.6 is 38.9 Å². The van der Waals surface area contributed by atoms with E-state index in [-0.39, 0.29) is 23.1 Å². The number of benzene rings is 1. The van der Waals surface area contributed by atoms with Crippen molar-refractivity contribution < 1.29 is 17.9 Å². The molecule has 114 valence electrons. The highest BCUT2D eigenvalue weighted by atomic mass is 79.9. The van der Waals surface area contributed by atoms with Gasteiger partial charge in [-0.25, -0.2) is 17.5 Å². The Morgan fingerprint density at radius 2 is 2.10 bits per heavy atom. The summed E-state index contributed by atoms with van der Waals surface area (Å²) in [5.41, 5.74) is 0.540. The van der Waals surface area contributed by atoms with Crippen LogP contribution in [0.25, 0.3) is 0 Å². The van der Waals surface area contributed by atoms with Gasteiger partial charge in [-0.1, -0.05) is 17.7 Å². The van der Waals surface area contributed by atoms with Gasteiger partial charge in [0.15, 0.2) is 0 Å². The standard InChI is InChI=1S/C12H10BrClFNO3S2/c13-12-11(4-8(6-17)20-12)21(18,19)16-5-7-1-2-10(15)9(14)3-7/h1-4,16-17H,5-6H2. The monoisotopic (exact) mass is 413 g/mol. The van der Waals surface area contributed by atoms with E-state index in [0.717, 1.165) is 11.3 Å². The van der Waals surface area contributed by atoms with Crippen molar-refractivity contribution in [3.63, 3.8) is 0 Å². The molecule has 21 heavy (non-hydrogen) atoms. The summed E-state index contributed by atoms with van der Waals surface area (Å²) in [5.74, 6) is -0.559. The summed E-state index contributed by atoms with van der Waals surface area (Å²) in [6.45, 7) is -0.245. The molecule has 0 aliphatic rings. The van der Waals surface area contributed by atoms with Crippen molar-refractivity contribution in [2.24, 2.45) is 0 Å². The number of rotatable bonds is 5. The van der Waals surface area contributed by atoms with Gasteiger partial charge in [0.2, 0.25) is 10.0 Å². The molecular weight excluding hydrogens is 405 g/mol. The predicted octanol–water partition coefficient (Wildman–Crippen LogP) is 3.27. The van der Waals surface area contributed by atoms with Crippen LogP contribution in [0.4, 0.5) is 4.39 Å². The minimum Gasteiger partial charge on any atom is -0.391 e. The zero-order valence-electron chi connectivity index (χ0n) is 10.4. The lowest BCUT2D eigenvalue weighted by molar-refractivity contribution is 0.285. The first-order valence-electron chi connectivity index (χ1n) is 5.66. The Labute approximate surface area is 138 Å². The number of hydrogen-bond acceptors (Lipinski definition) is 4. The third-order valence-electron chi connectivity index (χ3n) is 2.60. The van der Waals surface area contributed by atoms with Crippen LogP contribution in [0.2, 0.25) is 5.02 Å². The fourth-order valence-corrected chi connectivity index (χ4v) is 5.33. The van der Waals surface area contributed by atoms with Gasteiger partial charge in [0, 0.05) is 11.4 Å². The van der Waals surface area contributed by atoms with Gasteiger partial charge in [0.25, 0.3) is 0 Å². The molecule has 0 radical (unpaired) electrons. The molecule has 0 amide bonds. The molecule has 0 fully saturated rings. The van der Waals surface area contributed by atoms with Crippen LogP contribution in [-0.4, -0.2) is 13.5 Å². The SMILES string of the molecule is O=S(=O)(NCc1ccc(F)c(Cl)c1)c1cc(CO)sc1Br. The molecule has 2 aromatic rings. The van der Waals surface area contributed by atoms with Crippen LogP contribution in [-0.2, 0) is 23.2 Å². The van der Waals surface area contributed by atoms with E-state index in [9.17, 15) is 12.8 Å². The van der Waals surface area contributed by atoms with Gasteiger partial charge in [-0.3, -0.25) is 0 Å². The Bertz CT molecular complexity index is 764. The van der Waals surface area contributed by atoms with Crippen LogP contribution in [0.3, 0.4) is 0 Å². The quantitative estimate of drug-likeness (QED) is 0.789. The number of thiophene rings is 1. The minimum atomic E-state index is -3.74. The Morgan fingerprint density at radius 3 is 2.67 bits per heavy atom. The van der Waals surface area contributed by atoms with Crippen LogP contribution in [0.1, 0.15) is 10.4 Å². The van der Waals surface area contributed by atoms with Crippen molar-refractivity contribution in [2.45, 2.75) is 18.0 Å². The molecule has 0 atom stereocenters. The molecule has 4 nitrogen and oxygen atoms in total. The third-order valence-corrected chi connectivity index (χ3v) is 6.53. The number of hydrogen-bond donors (Lipinski definition) is 2. The van der Waals surface area contributed by atoms with Crippen LogP contribution in [0.15, 0.2) is 32.9 Å². The molecule has 0 saturated heterocycles. The Morgan fingerprint density at radius 1 is 1.38 bits per heavy atom. The van der Waals surface area contributed by atoms with Crippen LogP contribution < -0.4 is 4.72 Å². The molecule has 0 saturated carbocycles. The fraction of sp³-hybridized carbons (Fsp3) is 0.167. The molecule has 1 aromatic carbocycles. The van der Waals surface area contributed by atoms with Gasteiger partial charge in [-0.05, 0) is 39.7 Å². The second-order valence-corrected chi connectivity index (χ2v) is 8.68. The summed E-state index contributed by atoms with van der Waals surface area (Å²) >= 11 is 9.95. The Kier molecular flexibility index (Phi) is 5.39. The second-order valence-electron chi connectivity index (χ2n) is 4.08. The fourth-order valence-electron chi connectivity index (χ4n) is 1.56. The smallest absolute Gasteiger partial charge is 0.242 e. The molecule has 0 aliphatic carbocycles. The minimum absolute atomic E-state index is 0.0148. The van der Waals surface area contributed by atoms with Crippen molar-refractivity contribution >= 4 is 48.9 Å². The maximum atomic E-state index is 13.0. The molecule has 2 rings (SSSR count). The highest BCUT2D eigenvalue weighted by Gasteiger charge is 2.20. The van der Waals surface area contributed by atoms with E-state index in [1.165, 1.54) is 24.3 Å². The van der Waals surface area contributed by atoms with Gasteiger partial charge < -0.3 is 5.11 Å². The Balaban J connectivity index is 2.17. The van der Waals surface area contributed by atoms with Gasteiger partial charge in [-0.2, -0.15) is 0 Å². The number of sulfonamides is 1. The van der Waals surface area contributed by atoms with Crippen molar-refractivity contribution in [2.75, 3.05) is 0 Å². The molecular formula is C12H10BrClFNO3S2. The number of aliphatic hydroxyl groups is 1. The van der Waals surface area contributed by atoms with E-state index < -0.39 is 15.8 Å². The second kappa shape index (κ2) is 6.72. The maximum Gasteiger partial charge on any atom is 0.242 e. The van der Waals surface area contributed by atoms with Gasteiger partial charge in [-0.15, -0.1) is 11.3 Å². The number of aliphatic hydroxyl groups excluding tert-OH is 1. The molecule has 0 aliphatic heterocycles. The van der Waals surface area contributed by atoms with E-state index in [1.54, 1.807) is 0 Å². The van der Waals surface area contributed by atoms with Crippen molar-refractivity contribution in [1.82, 2.24) is 4.72 Å². The average molecular weight is 415 g/mol. The lowest BCUT2D eigenvalue weighted by Gasteiger charge is -2.06. The van der Waals surface area contributed by atoms with Crippen molar-refractivity contribution in [1.29, 1.82) is 0 Å². The number of halogens is 3. The van der Waals surface area contributed by atoms with E-state index in [4.69, 9.17) is 16.7 Å². The van der Waals surface area contributed by atoms with E-state index in [2.05, 4.69) is 20.7 Å². The van der Waals surface area contributed by atoms with Crippen LogP contribution in [0.5, 0.6) is 0 Å². The summed E-state index contributed by atoms with van der Waals surface area (Å²) in [4.78, 5) is 0.594. The zero-order valence-corrected chi connectivity index (χ0v) is 14.4. The molecule has 0 spiro atoms. The summed E-state index contributed by atoms with van der Waals surface area (Å²) in [7, 11) is -3.74. The maximum absolute atomic E-state index is 13.0. The van der Waals surface area contributed by atoms with Gasteiger partial charge in [0.1, 0.15) is 10.7 Å². The van der Waals surface area contributed by atoms with Crippen LogP contribution in [0, 0.1) is 5.82 Å². The van der Waals surface area contributed by atoms with E-state index in [1.807, 2.05) is 0 Å². The molecule has 0 unspecified atom stereocenters. The first kappa shape index (κ1) is 16.9. The first-order chi connectivity index (χ1) is 9.83. The average Bonchev–Trinajstić information content (AvgIpc) is 2.82. The van der Waals surface area contributed by atoms with Gasteiger partial charge >= 0.3 is 0 Å². The summed E-state index contributed by atoms with van der Waals surface area (Å²) in [6, 6.07) is 5.39. The lowest BCUT2D eigenvalue weighted by Crippen LogP contribution is -2.23. The highest BCUT2D eigenvalue weighted by molar-refractivity contribution is 9.11. The van der Waals surface area contributed by atoms with Gasteiger partial charge in [0.05, 0.1) is 15.4 Å². The van der Waals surface area contributed by atoms with Crippen molar-refractivity contribution in [3.05, 3.63) is 49.3 Å².